The maximum Gasteiger partial charge on any atom is 0.516 e. The Hall–Kier alpha value is -1.36. The first-order valence-corrected chi connectivity index (χ1v) is 7.02. The van der Waals surface area contributed by atoms with Gasteiger partial charge in [0.15, 0.2) is 5.13 Å². The van der Waals surface area contributed by atoms with Crippen LogP contribution in [0.25, 0.3) is 0 Å². The first-order valence-electron chi connectivity index (χ1n) is 4.66. The van der Waals surface area contributed by atoms with E-state index in [1.54, 1.807) is 0 Å². The van der Waals surface area contributed by atoms with E-state index >= 15 is 0 Å². The number of halogens is 3. The normalized spacial score (nSPS) is 13.3. The number of carboxylic acid groups (broad SMARTS) is 1. The summed E-state index contributed by atoms with van der Waals surface area (Å²) in [6, 6.07) is 0. The number of anilines is 1. The zero-order chi connectivity index (χ0) is 15.1. The standard InChI is InChI=1S/C8H9F3N2O4S2/c1-7(2,5(14)15)4-3-18-6(12-4)13-19(16,17)8(9,10)11/h3H,1-2H3,(H,12,13)(H,14,15). The molecular formula is C8H9F3N2O4S2. The molecule has 1 heterocycles. The van der Waals surface area contributed by atoms with Crippen LogP contribution >= 0.6 is 11.3 Å². The Morgan fingerprint density at radius 3 is 2.37 bits per heavy atom. The summed E-state index contributed by atoms with van der Waals surface area (Å²) in [6.45, 7) is 2.60. The molecule has 0 bridgehead atoms. The average Bonchev–Trinajstić information content (AvgIpc) is 2.63. The van der Waals surface area contributed by atoms with Gasteiger partial charge >= 0.3 is 21.5 Å². The monoisotopic (exact) mass is 318 g/mol. The Morgan fingerprint density at radius 2 is 1.95 bits per heavy atom. The SMILES string of the molecule is CC(C)(C(=O)O)c1csc(NS(=O)(=O)C(F)(F)F)n1. The Kier molecular flexibility index (Phi) is 3.83. The van der Waals surface area contributed by atoms with Crippen molar-refractivity contribution in [2.24, 2.45) is 0 Å². The Bertz CT molecular complexity index is 591. The highest BCUT2D eigenvalue weighted by Gasteiger charge is 2.46. The minimum Gasteiger partial charge on any atom is -0.481 e. The molecule has 0 aliphatic rings. The summed E-state index contributed by atoms with van der Waals surface area (Å²) in [4.78, 5) is 14.5. The molecule has 0 fully saturated rings. The smallest absolute Gasteiger partial charge is 0.481 e. The molecular weight excluding hydrogens is 309 g/mol. The van der Waals surface area contributed by atoms with Gasteiger partial charge in [0.05, 0.1) is 5.69 Å². The molecule has 1 aromatic rings. The van der Waals surface area contributed by atoms with E-state index in [2.05, 4.69) is 4.98 Å². The molecule has 1 aromatic heterocycles. The zero-order valence-electron chi connectivity index (χ0n) is 9.65. The average molecular weight is 318 g/mol. The van der Waals surface area contributed by atoms with E-state index in [1.807, 2.05) is 0 Å². The number of aliphatic carboxylic acids is 1. The van der Waals surface area contributed by atoms with Crippen LogP contribution in [0.1, 0.15) is 19.5 Å². The third-order valence-corrected chi connectivity index (χ3v) is 4.16. The molecule has 108 valence electrons. The van der Waals surface area contributed by atoms with E-state index in [-0.39, 0.29) is 5.69 Å². The van der Waals surface area contributed by atoms with Gasteiger partial charge in [-0.3, -0.25) is 9.52 Å². The predicted octanol–water partition coefficient (Wildman–Crippen LogP) is 1.77. The second-order valence-corrected chi connectivity index (χ2v) is 6.55. The summed E-state index contributed by atoms with van der Waals surface area (Å²) < 4.78 is 59.3. The van der Waals surface area contributed by atoms with Crippen LogP contribution in [0.4, 0.5) is 18.3 Å². The molecule has 11 heteroatoms. The van der Waals surface area contributed by atoms with Crippen LogP contribution in [0, 0.1) is 0 Å². The predicted molar refractivity (Wildman–Crippen MR) is 61.4 cm³/mol. The maximum atomic E-state index is 12.1. The topological polar surface area (TPSA) is 96.4 Å². The lowest BCUT2D eigenvalue weighted by atomic mass is 9.91. The molecule has 0 saturated heterocycles. The van der Waals surface area contributed by atoms with Crippen molar-refractivity contribution in [2.45, 2.75) is 24.8 Å². The van der Waals surface area contributed by atoms with Gasteiger partial charge in [-0.05, 0) is 13.8 Å². The van der Waals surface area contributed by atoms with Crippen LogP contribution in [0.15, 0.2) is 5.38 Å². The molecule has 19 heavy (non-hydrogen) atoms. The van der Waals surface area contributed by atoms with Gasteiger partial charge in [-0.25, -0.2) is 4.98 Å². The fourth-order valence-electron chi connectivity index (χ4n) is 0.890. The van der Waals surface area contributed by atoms with Crippen LogP contribution in [-0.2, 0) is 20.2 Å². The van der Waals surface area contributed by atoms with Gasteiger partial charge in [0.1, 0.15) is 5.41 Å². The first kappa shape index (κ1) is 15.7. The fourth-order valence-corrected chi connectivity index (χ4v) is 2.52. The van der Waals surface area contributed by atoms with Crippen molar-refractivity contribution in [3.05, 3.63) is 11.1 Å². The van der Waals surface area contributed by atoms with Gasteiger partial charge in [0, 0.05) is 5.38 Å². The molecule has 0 spiro atoms. The number of hydrogen-bond acceptors (Lipinski definition) is 5. The number of carboxylic acids is 1. The minimum absolute atomic E-state index is 0.0372. The molecule has 0 atom stereocenters. The second-order valence-electron chi connectivity index (χ2n) is 4.02. The van der Waals surface area contributed by atoms with Crippen molar-refractivity contribution < 1.29 is 31.5 Å². The van der Waals surface area contributed by atoms with E-state index < -0.39 is 32.0 Å². The number of thiazole rings is 1. The molecule has 0 amide bonds. The lowest BCUT2D eigenvalue weighted by Gasteiger charge is -2.15. The molecule has 0 aliphatic carbocycles. The van der Waals surface area contributed by atoms with Crippen molar-refractivity contribution in [3.8, 4) is 0 Å². The molecule has 1 rings (SSSR count). The first-order chi connectivity index (χ1) is 8.38. The summed E-state index contributed by atoms with van der Waals surface area (Å²) in [5.41, 5.74) is -6.93. The Balaban J connectivity index is 3.04. The molecule has 0 aromatic carbocycles. The summed E-state index contributed by atoms with van der Waals surface area (Å²) >= 11 is 0.572. The third kappa shape index (κ3) is 3.15. The Morgan fingerprint density at radius 1 is 1.42 bits per heavy atom. The van der Waals surface area contributed by atoms with E-state index in [0.717, 1.165) is 0 Å². The highest BCUT2D eigenvalue weighted by molar-refractivity contribution is 7.93. The maximum absolute atomic E-state index is 12.1. The van der Waals surface area contributed by atoms with Gasteiger partial charge in [-0.15, -0.1) is 11.3 Å². The number of alkyl halides is 3. The van der Waals surface area contributed by atoms with Crippen LogP contribution in [0.5, 0.6) is 0 Å². The van der Waals surface area contributed by atoms with E-state index in [9.17, 15) is 26.4 Å². The third-order valence-electron chi connectivity index (χ3n) is 2.21. The molecule has 6 nitrogen and oxygen atoms in total. The number of carbonyl (C=O) groups is 1. The highest BCUT2D eigenvalue weighted by atomic mass is 32.2. The molecule has 0 aliphatic heterocycles. The number of nitrogens with one attached hydrogen (secondary N) is 1. The van der Waals surface area contributed by atoms with Crippen molar-refractivity contribution >= 4 is 32.5 Å². The van der Waals surface area contributed by atoms with Crippen molar-refractivity contribution in [1.82, 2.24) is 4.98 Å². The van der Waals surface area contributed by atoms with Gasteiger partial charge < -0.3 is 5.11 Å². The quantitative estimate of drug-likeness (QED) is 0.882. The van der Waals surface area contributed by atoms with Crippen molar-refractivity contribution in [2.75, 3.05) is 4.72 Å². The van der Waals surface area contributed by atoms with Crippen molar-refractivity contribution in [3.63, 3.8) is 0 Å². The fraction of sp³-hybridized carbons (Fsp3) is 0.500. The van der Waals surface area contributed by atoms with Crippen LogP contribution in [-0.4, -0.2) is 30.0 Å². The lowest BCUT2D eigenvalue weighted by molar-refractivity contribution is -0.142. The number of nitrogens with zero attached hydrogens (tertiary/aromatic N) is 1. The number of hydrogen-bond donors (Lipinski definition) is 2. The largest absolute Gasteiger partial charge is 0.516 e. The summed E-state index contributed by atoms with van der Waals surface area (Å²) in [5, 5.41) is 9.55. The summed E-state index contributed by atoms with van der Waals surface area (Å²) in [7, 11) is -5.55. The molecule has 0 radical (unpaired) electrons. The van der Waals surface area contributed by atoms with E-state index in [0.29, 0.717) is 11.3 Å². The Labute approximate surface area is 110 Å². The van der Waals surface area contributed by atoms with Gasteiger partial charge in [0.25, 0.3) is 0 Å². The summed E-state index contributed by atoms with van der Waals surface area (Å²) in [5.74, 6) is -1.23. The summed E-state index contributed by atoms with van der Waals surface area (Å²) in [6.07, 6.45) is 0. The zero-order valence-corrected chi connectivity index (χ0v) is 11.3. The van der Waals surface area contributed by atoms with E-state index in [1.165, 1.54) is 23.9 Å². The number of sulfonamides is 1. The molecule has 0 saturated carbocycles. The van der Waals surface area contributed by atoms with Crippen molar-refractivity contribution in [1.29, 1.82) is 0 Å². The van der Waals surface area contributed by atoms with Crippen LogP contribution in [0.3, 0.4) is 0 Å². The number of aromatic nitrogens is 1. The van der Waals surface area contributed by atoms with Gasteiger partial charge in [-0.1, -0.05) is 0 Å². The number of rotatable bonds is 4. The van der Waals surface area contributed by atoms with Crippen LogP contribution in [0.2, 0.25) is 0 Å². The van der Waals surface area contributed by atoms with Gasteiger partial charge in [-0.2, -0.15) is 21.6 Å². The molecule has 0 unspecified atom stereocenters. The van der Waals surface area contributed by atoms with E-state index in [4.69, 9.17) is 5.11 Å². The van der Waals surface area contributed by atoms with Crippen LogP contribution < -0.4 is 4.72 Å². The van der Waals surface area contributed by atoms with Gasteiger partial charge in [0.2, 0.25) is 0 Å². The second kappa shape index (κ2) is 4.63. The molecule has 2 N–H and O–H groups in total. The minimum atomic E-state index is -5.55. The highest BCUT2D eigenvalue weighted by Crippen LogP contribution is 2.30. The lowest BCUT2D eigenvalue weighted by Crippen LogP contribution is -2.31.